The van der Waals surface area contributed by atoms with Crippen LogP contribution in [0.1, 0.15) is 5.82 Å². The van der Waals surface area contributed by atoms with Crippen LogP contribution in [0.25, 0.3) is 11.0 Å². The molecule has 0 unspecified atom stereocenters. The molecule has 0 radical (unpaired) electrons. The fourth-order valence-electron chi connectivity index (χ4n) is 1.84. The second kappa shape index (κ2) is 5.58. The van der Waals surface area contributed by atoms with Crippen molar-refractivity contribution in [2.24, 2.45) is 0 Å². The van der Waals surface area contributed by atoms with E-state index < -0.39 is 10.0 Å². The Labute approximate surface area is 135 Å². The van der Waals surface area contributed by atoms with Crippen molar-refractivity contribution in [1.29, 1.82) is 0 Å². The van der Waals surface area contributed by atoms with Crippen LogP contribution in [0, 0.1) is 0 Å². The number of sulfonamides is 1. The molecule has 0 fully saturated rings. The fourth-order valence-corrected chi connectivity index (χ4v) is 4.97. The van der Waals surface area contributed by atoms with E-state index in [0.29, 0.717) is 10.2 Å². The lowest BCUT2D eigenvalue weighted by molar-refractivity contribution is 0.580. The summed E-state index contributed by atoms with van der Waals surface area (Å²) in [7, 11) is -3.72. The van der Waals surface area contributed by atoms with Crippen LogP contribution in [0.15, 0.2) is 35.2 Å². The lowest BCUT2D eigenvalue weighted by Gasteiger charge is -2.03. The Kier molecular flexibility index (Phi) is 3.94. The largest absolute Gasteiger partial charge is 0.341 e. The summed E-state index contributed by atoms with van der Waals surface area (Å²) in [5.74, 6) is 0.525. The summed E-state index contributed by atoms with van der Waals surface area (Å²) in [5, 5.41) is 0. The number of hydrogen-bond donors (Lipinski definition) is 2. The molecule has 2 N–H and O–H groups in total. The molecule has 0 saturated carbocycles. The molecule has 0 bridgehead atoms. The number of H-pyrrole nitrogens is 1. The number of benzene rings is 1. The maximum atomic E-state index is 12.2. The van der Waals surface area contributed by atoms with Gasteiger partial charge in [0.1, 0.15) is 15.1 Å². The highest BCUT2D eigenvalue weighted by Gasteiger charge is 2.21. The van der Waals surface area contributed by atoms with Crippen molar-refractivity contribution < 1.29 is 8.42 Å². The lowest BCUT2D eigenvalue weighted by atomic mass is 10.3. The molecule has 9 heteroatoms. The monoisotopic (exact) mass is 361 g/mol. The predicted molar refractivity (Wildman–Crippen MR) is 84.5 cm³/mol. The first kappa shape index (κ1) is 14.8. The van der Waals surface area contributed by atoms with Crippen LogP contribution in [-0.4, -0.2) is 18.4 Å². The average Bonchev–Trinajstić information content (AvgIpc) is 2.99. The van der Waals surface area contributed by atoms with Gasteiger partial charge < -0.3 is 4.98 Å². The Morgan fingerprint density at radius 3 is 2.71 bits per heavy atom. The number of fused-ring (bicyclic) bond motifs is 1. The van der Waals surface area contributed by atoms with Crippen LogP contribution in [0.3, 0.4) is 0 Å². The molecule has 21 heavy (non-hydrogen) atoms. The van der Waals surface area contributed by atoms with Crippen LogP contribution in [-0.2, 0) is 16.6 Å². The van der Waals surface area contributed by atoms with E-state index in [2.05, 4.69) is 14.7 Å². The number of aromatic nitrogens is 2. The quantitative estimate of drug-likeness (QED) is 0.747. The van der Waals surface area contributed by atoms with Gasteiger partial charge in [-0.15, -0.1) is 11.3 Å². The third-order valence-corrected chi connectivity index (χ3v) is 5.94. The zero-order valence-corrected chi connectivity index (χ0v) is 13.6. The first-order valence-corrected chi connectivity index (χ1v) is 8.89. The van der Waals surface area contributed by atoms with E-state index in [9.17, 15) is 8.42 Å². The van der Waals surface area contributed by atoms with E-state index in [-0.39, 0.29) is 15.8 Å². The first-order valence-electron chi connectivity index (χ1n) is 5.84. The maximum Gasteiger partial charge on any atom is 0.243 e. The van der Waals surface area contributed by atoms with Crippen molar-refractivity contribution in [3.63, 3.8) is 0 Å². The van der Waals surface area contributed by atoms with Crippen molar-refractivity contribution in [1.82, 2.24) is 14.7 Å². The number of thiophene rings is 1. The molecule has 0 aliphatic carbocycles. The lowest BCUT2D eigenvalue weighted by Crippen LogP contribution is -2.23. The summed E-state index contributed by atoms with van der Waals surface area (Å²) < 4.78 is 27.2. The third kappa shape index (κ3) is 3.07. The topological polar surface area (TPSA) is 74.8 Å². The zero-order chi connectivity index (χ0) is 15.0. The van der Waals surface area contributed by atoms with Gasteiger partial charge in [0, 0.05) is 0 Å². The van der Waals surface area contributed by atoms with Gasteiger partial charge in [0.25, 0.3) is 0 Å². The Morgan fingerprint density at radius 1 is 1.29 bits per heavy atom. The van der Waals surface area contributed by atoms with Gasteiger partial charge in [-0.2, -0.15) is 0 Å². The molecule has 3 aromatic rings. The highest BCUT2D eigenvalue weighted by atomic mass is 35.5. The minimum absolute atomic E-state index is 0.0183. The molecule has 5 nitrogen and oxygen atoms in total. The van der Waals surface area contributed by atoms with Gasteiger partial charge in [-0.1, -0.05) is 35.3 Å². The minimum atomic E-state index is -3.72. The minimum Gasteiger partial charge on any atom is -0.341 e. The molecule has 0 saturated heterocycles. The van der Waals surface area contributed by atoms with E-state index in [1.54, 1.807) is 0 Å². The normalized spacial score (nSPS) is 12.1. The smallest absolute Gasteiger partial charge is 0.243 e. The summed E-state index contributed by atoms with van der Waals surface area (Å²) in [5.41, 5.74) is 1.63. The number of aromatic amines is 1. The summed E-state index contributed by atoms with van der Waals surface area (Å²) in [6, 6.07) is 8.79. The molecule has 3 rings (SSSR count). The van der Waals surface area contributed by atoms with Gasteiger partial charge >= 0.3 is 0 Å². The number of halogens is 2. The molecule has 2 aromatic heterocycles. The molecule has 0 aliphatic rings. The van der Waals surface area contributed by atoms with Crippen molar-refractivity contribution >= 4 is 55.6 Å². The number of nitrogens with one attached hydrogen (secondary N) is 2. The maximum absolute atomic E-state index is 12.2. The first-order chi connectivity index (χ1) is 9.95. The van der Waals surface area contributed by atoms with Crippen LogP contribution in [0.5, 0.6) is 0 Å². The van der Waals surface area contributed by atoms with Crippen molar-refractivity contribution in [2.75, 3.05) is 0 Å². The molecule has 2 heterocycles. The second-order valence-electron chi connectivity index (χ2n) is 4.21. The summed E-state index contributed by atoms with van der Waals surface area (Å²) >= 11 is 12.6. The summed E-state index contributed by atoms with van der Waals surface area (Å²) in [6.07, 6.45) is 0. The molecule has 0 spiro atoms. The summed E-state index contributed by atoms with van der Waals surface area (Å²) in [6.45, 7) is 0.0425. The van der Waals surface area contributed by atoms with Crippen molar-refractivity contribution in [3.05, 3.63) is 44.8 Å². The van der Waals surface area contributed by atoms with Crippen LogP contribution in [0.4, 0.5) is 0 Å². The van der Waals surface area contributed by atoms with Crippen molar-refractivity contribution in [3.8, 4) is 0 Å². The van der Waals surface area contributed by atoms with Crippen LogP contribution >= 0.6 is 34.5 Å². The Balaban J connectivity index is 1.82. The Morgan fingerprint density at radius 2 is 2.05 bits per heavy atom. The average molecular weight is 362 g/mol. The van der Waals surface area contributed by atoms with Crippen LogP contribution < -0.4 is 4.72 Å². The van der Waals surface area contributed by atoms with E-state index in [1.807, 2.05) is 24.3 Å². The number of imidazole rings is 1. The second-order valence-corrected chi connectivity index (χ2v) is 8.23. The molecule has 0 atom stereocenters. The van der Waals surface area contributed by atoms with Gasteiger partial charge in [-0.25, -0.2) is 18.1 Å². The molecular weight excluding hydrogens is 353 g/mol. The molecule has 110 valence electrons. The van der Waals surface area contributed by atoms with Gasteiger partial charge in [0.2, 0.25) is 10.0 Å². The predicted octanol–water partition coefficient (Wildman–Crippen LogP) is 3.41. The van der Waals surface area contributed by atoms with Gasteiger partial charge in [0.15, 0.2) is 0 Å². The van der Waals surface area contributed by atoms with Gasteiger partial charge in [-0.05, 0) is 18.2 Å². The van der Waals surface area contributed by atoms with Gasteiger partial charge in [0.05, 0.1) is 21.9 Å². The van der Waals surface area contributed by atoms with E-state index >= 15 is 0 Å². The summed E-state index contributed by atoms with van der Waals surface area (Å²) in [4.78, 5) is 7.32. The highest BCUT2D eigenvalue weighted by Crippen LogP contribution is 2.34. The SMILES string of the molecule is O=S(=O)(NCc1nc2ccccc2[nH]1)c1cc(Cl)sc1Cl. The number of nitrogens with zero attached hydrogens (tertiary/aromatic N) is 1. The Bertz CT molecular complexity index is 869. The standard InChI is InChI=1S/C12H9Cl2N3O2S2/c13-10-5-9(12(14)20-10)21(18,19)15-6-11-16-7-3-1-2-4-8(7)17-11/h1-5,15H,6H2,(H,16,17). The van der Waals surface area contributed by atoms with E-state index in [4.69, 9.17) is 23.2 Å². The number of hydrogen-bond acceptors (Lipinski definition) is 4. The molecule has 0 aliphatic heterocycles. The fraction of sp³-hybridized carbons (Fsp3) is 0.0833. The molecule has 0 amide bonds. The highest BCUT2D eigenvalue weighted by molar-refractivity contribution is 7.89. The zero-order valence-electron chi connectivity index (χ0n) is 10.4. The van der Waals surface area contributed by atoms with Crippen molar-refractivity contribution in [2.45, 2.75) is 11.4 Å². The van der Waals surface area contributed by atoms with Crippen LogP contribution in [0.2, 0.25) is 8.67 Å². The van der Waals surface area contributed by atoms with Gasteiger partial charge in [-0.3, -0.25) is 0 Å². The van der Waals surface area contributed by atoms with E-state index in [1.165, 1.54) is 6.07 Å². The van der Waals surface area contributed by atoms with E-state index in [0.717, 1.165) is 22.4 Å². The third-order valence-electron chi connectivity index (χ3n) is 2.78. The number of rotatable bonds is 4. The molecular formula is C12H9Cl2N3O2S2. The number of para-hydroxylation sites is 2. The molecule has 1 aromatic carbocycles. The Hall–Kier alpha value is -1.12.